The highest BCUT2D eigenvalue weighted by Gasteiger charge is 2.09. The van der Waals surface area contributed by atoms with Gasteiger partial charge < -0.3 is 4.90 Å². The number of rotatable bonds is 3. The Kier molecular flexibility index (Phi) is 5.20. The van der Waals surface area contributed by atoms with Crippen molar-refractivity contribution in [1.29, 1.82) is 0 Å². The van der Waals surface area contributed by atoms with Gasteiger partial charge in [0.15, 0.2) is 0 Å². The van der Waals surface area contributed by atoms with Crippen molar-refractivity contribution in [3.63, 3.8) is 0 Å². The van der Waals surface area contributed by atoms with Crippen molar-refractivity contribution in [1.82, 2.24) is 4.98 Å². The van der Waals surface area contributed by atoms with Crippen LogP contribution in [0.3, 0.4) is 0 Å². The summed E-state index contributed by atoms with van der Waals surface area (Å²) in [7, 11) is 2.04. The average Bonchev–Trinajstić information content (AvgIpc) is 2.67. The summed E-state index contributed by atoms with van der Waals surface area (Å²) in [4.78, 5) is 6.20. The molecule has 26 heavy (non-hydrogen) atoms. The molecule has 3 rings (SSSR count). The van der Waals surface area contributed by atoms with Crippen LogP contribution in [0, 0.1) is 25.7 Å². The molecule has 0 aliphatic heterocycles. The van der Waals surface area contributed by atoms with Gasteiger partial charge >= 0.3 is 0 Å². The Morgan fingerprint density at radius 2 is 1.77 bits per heavy atom. The topological polar surface area (TPSA) is 16.1 Å². The van der Waals surface area contributed by atoms with Crippen LogP contribution in [0.25, 0.3) is 5.70 Å². The first kappa shape index (κ1) is 17.5. The predicted octanol–water partition coefficient (Wildman–Crippen LogP) is 5.21. The molecule has 128 valence electrons. The van der Waals surface area contributed by atoms with Gasteiger partial charge in [0, 0.05) is 42.0 Å². The van der Waals surface area contributed by atoms with E-state index in [1.54, 1.807) is 12.4 Å². The zero-order chi connectivity index (χ0) is 18.5. The van der Waals surface area contributed by atoms with Crippen LogP contribution in [-0.4, -0.2) is 12.0 Å². The quantitative estimate of drug-likeness (QED) is 0.610. The lowest BCUT2D eigenvalue weighted by molar-refractivity contribution is 1.22. The number of hydrogen-bond acceptors (Lipinski definition) is 2. The van der Waals surface area contributed by atoms with E-state index in [0.717, 1.165) is 33.6 Å². The summed E-state index contributed by atoms with van der Waals surface area (Å²) in [6.45, 7) is 8.44. The van der Waals surface area contributed by atoms with E-state index in [1.165, 1.54) is 5.56 Å². The van der Waals surface area contributed by atoms with Gasteiger partial charge in [-0.1, -0.05) is 48.2 Å². The number of aryl methyl sites for hydroxylation is 2. The maximum atomic E-state index is 4.28. The van der Waals surface area contributed by atoms with Gasteiger partial charge in [-0.25, -0.2) is 0 Å². The molecule has 0 saturated heterocycles. The maximum Gasteiger partial charge on any atom is 0.0432 e. The maximum absolute atomic E-state index is 4.28. The van der Waals surface area contributed by atoms with Crippen LogP contribution in [0.15, 0.2) is 73.6 Å². The van der Waals surface area contributed by atoms with E-state index in [1.807, 2.05) is 19.2 Å². The molecule has 0 amide bonds. The SMILES string of the molecule is C=C(c1ccc(C)c(C#Cc2cccnc2)c1)N(C)c1ccc(C)cc1. The van der Waals surface area contributed by atoms with Crippen molar-refractivity contribution in [2.24, 2.45) is 0 Å². The third-order valence-corrected chi connectivity index (χ3v) is 4.40. The lowest BCUT2D eigenvalue weighted by atomic mass is 10.0. The summed E-state index contributed by atoms with van der Waals surface area (Å²) in [6.07, 6.45) is 3.53. The van der Waals surface area contributed by atoms with E-state index >= 15 is 0 Å². The molecule has 1 heterocycles. The molecular weight excluding hydrogens is 316 g/mol. The highest BCUT2D eigenvalue weighted by molar-refractivity contribution is 5.78. The van der Waals surface area contributed by atoms with Gasteiger partial charge in [0.25, 0.3) is 0 Å². The molecule has 1 aromatic heterocycles. The summed E-state index contributed by atoms with van der Waals surface area (Å²) in [6, 6.07) is 18.6. The van der Waals surface area contributed by atoms with Gasteiger partial charge in [-0.15, -0.1) is 0 Å². The van der Waals surface area contributed by atoms with Gasteiger partial charge in [-0.2, -0.15) is 0 Å². The molecule has 0 aliphatic carbocycles. The first-order valence-electron chi connectivity index (χ1n) is 8.57. The molecule has 0 aliphatic rings. The molecule has 0 N–H and O–H groups in total. The van der Waals surface area contributed by atoms with Gasteiger partial charge in [0.1, 0.15) is 0 Å². The fourth-order valence-corrected chi connectivity index (χ4v) is 2.63. The number of hydrogen-bond donors (Lipinski definition) is 0. The summed E-state index contributed by atoms with van der Waals surface area (Å²) < 4.78 is 0. The third-order valence-electron chi connectivity index (χ3n) is 4.40. The first-order chi connectivity index (χ1) is 12.5. The summed E-state index contributed by atoms with van der Waals surface area (Å²) in [5.74, 6) is 6.44. The van der Waals surface area contributed by atoms with E-state index in [2.05, 4.69) is 84.6 Å². The number of nitrogens with zero attached hydrogens (tertiary/aromatic N) is 2. The van der Waals surface area contributed by atoms with Crippen LogP contribution >= 0.6 is 0 Å². The van der Waals surface area contributed by atoms with Crippen LogP contribution in [0.2, 0.25) is 0 Å². The molecule has 2 nitrogen and oxygen atoms in total. The number of pyridine rings is 1. The van der Waals surface area contributed by atoms with Crippen molar-refractivity contribution in [3.05, 3.63) is 101 Å². The van der Waals surface area contributed by atoms with Crippen LogP contribution in [0.1, 0.15) is 27.8 Å². The minimum atomic E-state index is 0.910. The van der Waals surface area contributed by atoms with E-state index in [4.69, 9.17) is 0 Å². The Bertz CT molecular complexity index is 974. The Labute approximate surface area is 155 Å². The second-order valence-electron chi connectivity index (χ2n) is 6.36. The smallest absolute Gasteiger partial charge is 0.0432 e. The van der Waals surface area contributed by atoms with Crippen molar-refractivity contribution < 1.29 is 0 Å². The van der Waals surface area contributed by atoms with Crippen molar-refractivity contribution in [2.75, 3.05) is 11.9 Å². The molecule has 3 aromatic rings. The van der Waals surface area contributed by atoms with Gasteiger partial charge in [0.05, 0.1) is 0 Å². The second-order valence-corrected chi connectivity index (χ2v) is 6.36. The second kappa shape index (κ2) is 7.72. The molecular formula is C24H22N2. The molecule has 0 saturated carbocycles. The highest BCUT2D eigenvalue weighted by Crippen LogP contribution is 2.25. The summed E-state index contributed by atoms with van der Waals surface area (Å²) in [5.41, 5.74) is 7.43. The molecule has 0 bridgehead atoms. The zero-order valence-electron chi connectivity index (χ0n) is 15.5. The number of aromatic nitrogens is 1. The zero-order valence-corrected chi connectivity index (χ0v) is 15.5. The standard InChI is InChI=1S/C24H22N2/c1-18-7-13-24(14-8-18)26(4)20(3)23-11-9-19(2)22(16-23)12-10-21-6-5-15-25-17-21/h5-9,11,13-17H,3H2,1-2,4H3. The molecule has 0 radical (unpaired) electrons. The lowest BCUT2D eigenvalue weighted by Crippen LogP contribution is -2.14. The fourth-order valence-electron chi connectivity index (χ4n) is 2.63. The largest absolute Gasteiger partial charge is 0.345 e. The summed E-state index contributed by atoms with van der Waals surface area (Å²) in [5, 5.41) is 0. The molecule has 0 unspecified atom stereocenters. The van der Waals surface area contributed by atoms with Crippen LogP contribution in [-0.2, 0) is 0 Å². The first-order valence-corrected chi connectivity index (χ1v) is 8.57. The van der Waals surface area contributed by atoms with E-state index < -0.39 is 0 Å². The van der Waals surface area contributed by atoms with Gasteiger partial charge in [-0.05, 0) is 55.3 Å². The Morgan fingerprint density at radius 1 is 1.00 bits per heavy atom. The van der Waals surface area contributed by atoms with Crippen LogP contribution in [0.4, 0.5) is 5.69 Å². The molecule has 2 heteroatoms. The molecule has 0 atom stereocenters. The van der Waals surface area contributed by atoms with Crippen LogP contribution in [0.5, 0.6) is 0 Å². The lowest BCUT2D eigenvalue weighted by Gasteiger charge is -2.22. The van der Waals surface area contributed by atoms with Gasteiger partial charge in [0.2, 0.25) is 0 Å². The van der Waals surface area contributed by atoms with Crippen molar-refractivity contribution >= 4 is 11.4 Å². The fraction of sp³-hybridized carbons (Fsp3) is 0.125. The monoisotopic (exact) mass is 338 g/mol. The van der Waals surface area contributed by atoms with E-state index in [9.17, 15) is 0 Å². The van der Waals surface area contributed by atoms with Gasteiger partial charge in [-0.3, -0.25) is 4.98 Å². The van der Waals surface area contributed by atoms with E-state index in [0.29, 0.717) is 0 Å². The summed E-state index contributed by atoms with van der Waals surface area (Å²) >= 11 is 0. The highest BCUT2D eigenvalue weighted by atomic mass is 15.1. The average molecular weight is 338 g/mol. The normalized spacial score (nSPS) is 9.96. The predicted molar refractivity (Wildman–Crippen MR) is 110 cm³/mol. The van der Waals surface area contributed by atoms with Crippen LogP contribution < -0.4 is 4.90 Å². The third kappa shape index (κ3) is 4.02. The van der Waals surface area contributed by atoms with Crippen molar-refractivity contribution in [3.8, 4) is 11.8 Å². The molecule has 2 aromatic carbocycles. The van der Waals surface area contributed by atoms with Crippen molar-refractivity contribution in [2.45, 2.75) is 13.8 Å². The number of benzene rings is 2. The minimum Gasteiger partial charge on any atom is -0.345 e. The molecule has 0 fully saturated rings. The Morgan fingerprint density at radius 3 is 2.46 bits per heavy atom. The Hall–Kier alpha value is -3.31. The number of anilines is 1. The minimum absolute atomic E-state index is 0.910. The molecule has 0 spiro atoms. The Balaban J connectivity index is 1.88. The van der Waals surface area contributed by atoms with E-state index in [-0.39, 0.29) is 0 Å².